The molecule has 0 bridgehead atoms. The Hall–Kier alpha value is -1.70. The van der Waals surface area contributed by atoms with Crippen molar-refractivity contribution < 1.29 is 47.9 Å². The maximum Gasteiger partial charge on any atom is 0.306 e. The van der Waals surface area contributed by atoms with Crippen LogP contribution in [0, 0.1) is 35.5 Å². The quantitative estimate of drug-likeness (QED) is 0.263. The van der Waals surface area contributed by atoms with Gasteiger partial charge in [-0.1, -0.05) is 31.6 Å². The number of carbonyl (C=O) groups is 2. The van der Waals surface area contributed by atoms with Crippen LogP contribution in [0.1, 0.15) is 92.4 Å². The van der Waals surface area contributed by atoms with Gasteiger partial charge in [0.05, 0.1) is 30.8 Å². The fourth-order valence-corrected chi connectivity index (χ4v) is 10.2. The Labute approximate surface area is 304 Å². The molecule has 0 spiro atoms. The molecule has 3 saturated heterocycles. The van der Waals surface area contributed by atoms with Gasteiger partial charge in [0.15, 0.2) is 18.4 Å². The maximum absolute atomic E-state index is 14.6. The number of methoxy groups -OCH3 is 2. The summed E-state index contributed by atoms with van der Waals surface area (Å²) in [6.45, 7) is 10.2. The zero-order valence-electron chi connectivity index (χ0n) is 32.0. The SMILES string of the molecule is CC[C@H]1CCC[C@H](O[C@H]2CC[C@H](NC)[C@@H](C)O2)[C@@H](C)C(=O)C2=C[C@@H]3[C@@H](C=C(C)[C@@H]4C[C@H](O[C@@H]5O[C@@H](C)[C@H](OC)[C@@H](O)[C@H]5OC)C[C@@H]34)[C@@H]2CC(=O)O1. The molecule has 0 unspecified atom stereocenters. The van der Waals surface area contributed by atoms with Crippen LogP contribution in [0.25, 0.3) is 0 Å². The molecular formula is C40H63NO10. The first-order valence-electron chi connectivity index (χ1n) is 19.6. The molecule has 3 aliphatic heterocycles. The van der Waals surface area contributed by atoms with Crippen molar-refractivity contribution in [2.75, 3.05) is 21.3 Å². The van der Waals surface area contributed by atoms with Gasteiger partial charge in [0.2, 0.25) is 0 Å². The number of hydrogen-bond donors (Lipinski definition) is 2. The lowest BCUT2D eigenvalue weighted by Crippen LogP contribution is -2.59. The molecule has 6 aliphatic rings. The van der Waals surface area contributed by atoms with E-state index in [1.165, 1.54) is 5.57 Å². The summed E-state index contributed by atoms with van der Waals surface area (Å²) in [5, 5.41) is 14.3. The highest BCUT2D eigenvalue weighted by Gasteiger charge is 2.53. The van der Waals surface area contributed by atoms with Gasteiger partial charge in [-0.25, -0.2) is 0 Å². The molecule has 0 aromatic heterocycles. The molecular weight excluding hydrogens is 654 g/mol. The second-order valence-electron chi connectivity index (χ2n) is 16.1. The lowest BCUT2D eigenvalue weighted by atomic mass is 9.67. The van der Waals surface area contributed by atoms with Crippen molar-refractivity contribution in [2.24, 2.45) is 35.5 Å². The molecule has 51 heavy (non-hydrogen) atoms. The highest BCUT2D eigenvalue weighted by Crippen LogP contribution is 2.56. The number of aliphatic hydroxyl groups excluding tert-OH is 1. The number of esters is 1. The zero-order chi connectivity index (χ0) is 36.6. The minimum Gasteiger partial charge on any atom is -0.462 e. The number of ketones is 1. The predicted octanol–water partition coefficient (Wildman–Crippen LogP) is 4.88. The minimum atomic E-state index is -0.883. The molecule has 17 atom stereocenters. The summed E-state index contributed by atoms with van der Waals surface area (Å²) < 4.78 is 43.0. The molecule has 11 heteroatoms. The number of Topliss-reactive ketones (excluding diaryl/α,β-unsaturated/α-hetero) is 1. The fraction of sp³-hybridized carbons (Fsp3) is 0.850. The highest BCUT2D eigenvalue weighted by molar-refractivity contribution is 5.99. The third-order valence-electron chi connectivity index (χ3n) is 13.2. The van der Waals surface area contributed by atoms with E-state index in [2.05, 4.69) is 38.2 Å². The third-order valence-corrected chi connectivity index (χ3v) is 13.2. The normalized spacial score (nSPS) is 46.5. The first kappa shape index (κ1) is 39.0. The summed E-state index contributed by atoms with van der Waals surface area (Å²) in [6.07, 6.45) is 6.95. The molecule has 6 rings (SSSR count). The van der Waals surface area contributed by atoms with Crippen molar-refractivity contribution in [3.63, 3.8) is 0 Å². The standard InChI is InChI=1S/C40H63NO10/c1-9-24-11-10-12-33(51-35-14-13-32(41-6)22(4)47-35)21(3)36(43)31-18-29-27(30(31)19-34(42)49-24)15-20(2)26-16-25(17-28(26)29)50-40-39(46-8)37(44)38(45-7)23(5)48-40/h15,18,21-30,32-33,35,37-41,44H,9-14,16-17,19H2,1-8H3/t21-,22-,23+,24+,25+,26+,27-,28-,29-,30+,32+,33+,35+,37-,38+,39-,40+/m1/s1. The summed E-state index contributed by atoms with van der Waals surface area (Å²) >= 11 is 0. The van der Waals surface area contributed by atoms with Gasteiger partial charge in [-0.15, -0.1) is 0 Å². The Morgan fingerprint density at radius 3 is 2.35 bits per heavy atom. The zero-order valence-corrected chi connectivity index (χ0v) is 32.0. The Kier molecular flexibility index (Phi) is 12.8. The van der Waals surface area contributed by atoms with Gasteiger partial charge in [-0.3, -0.25) is 9.59 Å². The summed E-state index contributed by atoms with van der Waals surface area (Å²) in [4.78, 5) is 28.2. The van der Waals surface area contributed by atoms with Gasteiger partial charge in [-0.05, 0) is 108 Å². The van der Waals surface area contributed by atoms with Gasteiger partial charge in [-0.2, -0.15) is 0 Å². The number of nitrogens with one attached hydrogen (secondary N) is 1. The van der Waals surface area contributed by atoms with E-state index in [1.54, 1.807) is 14.2 Å². The summed E-state index contributed by atoms with van der Waals surface area (Å²) in [7, 11) is 5.07. The Morgan fingerprint density at radius 1 is 0.902 bits per heavy atom. The molecule has 4 fully saturated rings. The van der Waals surface area contributed by atoms with Crippen LogP contribution in [-0.4, -0.2) is 106 Å². The maximum atomic E-state index is 14.6. The van der Waals surface area contributed by atoms with Crippen molar-refractivity contribution in [3.8, 4) is 0 Å². The van der Waals surface area contributed by atoms with Crippen LogP contribution in [0.3, 0.4) is 0 Å². The average Bonchev–Trinajstić information content (AvgIpc) is 3.68. The van der Waals surface area contributed by atoms with E-state index in [9.17, 15) is 14.7 Å². The summed E-state index contributed by atoms with van der Waals surface area (Å²) in [6, 6.07) is 0.281. The number of cyclic esters (lactones) is 1. The first-order valence-corrected chi connectivity index (χ1v) is 19.6. The van der Waals surface area contributed by atoms with Gasteiger partial charge in [0.25, 0.3) is 0 Å². The van der Waals surface area contributed by atoms with Crippen LogP contribution in [-0.2, 0) is 42.7 Å². The van der Waals surface area contributed by atoms with Gasteiger partial charge in [0.1, 0.15) is 24.4 Å². The summed E-state index contributed by atoms with van der Waals surface area (Å²) in [5.41, 5.74) is 2.02. The number of fused-ring (bicyclic) bond motifs is 5. The number of ether oxygens (including phenoxy) is 7. The van der Waals surface area contributed by atoms with E-state index in [4.69, 9.17) is 33.2 Å². The second kappa shape index (κ2) is 16.8. The number of aliphatic hydroxyl groups is 1. The van der Waals surface area contributed by atoms with Crippen LogP contribution in [0.5, 0.6) is 0 Å². The molecule has 0 aromatic rings. The van der Waals surface area contributed by atoms with Crippen LogP contribution in [0.4, 0.5) is 0 Å². The lowest BCUT2D eigenvalue weighted by molar-refractivity contribution is -0.311. The smallest absolute Gasteiger partial charge is 0.306 e. The predicted molar refractivity (Wildman–Crippen MR) is 189 cm³/mol. The third kappa shape index (κ3) is 8.07. The molecule has 11 nitrogen and oxygen atoms in total. The van der Waals surface area contributed by atoms with Crippen molar-refractivity contribution in [2.45, 2.75) is 160 Å². The van der Waals surface area contributed by atoms with E-state index >= 15 is 0 Å². The lowest BCUT2D eigenvalue weighted by Gasteiger charge is -2.42. The Morgan fingerprint density at radius 2 is 1.67 bits per heavy atom. The molecule has 0 radical (unpaired) electrons. The number of rotatable bonds is 8. The van der Waals surface area contributed by atoms with Crippen LogP contribution >= 0.6 is 0 Å². The Bertz CT molecular complexity index is 1290. The van der Waals surface area contributed by atoms with Crippen molar-refractivity contribution in [1.82, 2.24) is 5.32 Å². The van der Waals surface area contributed by atoms with Crippen LogP contribution < -0.4 is 5.32 Å². The molecule has 3 aliphatic carbocycles. The fourth-order valence-electron chi connectivity index (χ4n) is 10.2. The molecule has 0 amide bonds. The number of carbonyl (C=O) groups excluding carboxylic acids is 2. The molecule has 288 valence electrons. The number of allylic oxidation sites excluding steroid dienone is 4. The second-order valence-corrected chi connectivity index (χ2v) is 16.1. The van der Waals surface area contributed by atoms with Gasteiger partial charge >= 0.3 is 5.97 Å². The average molecular weight is 718 g/mol. The number of hydrogen-bond acceptors (Lipinski definition) is 11. The van der Waals surface area contributed by atoms with E-state index < -0.39 is 24.6 Å². The van der Waals surface area contributed by atoms with Gasteiger partial charge in [0, 0.05) is 32.1 Å². The largest absolute Gasteiger partial charge is 0.462 e. The Balaban J connectivity index is 1.23. The van der Waals surface area contributed by atoms with E-state index in [0.29, 0.717) is 6.42 Å². The molecule has 3 heterocycles. The van der Waals surface area contributed by atoms with Crippen molar-refractivity contribution >= 4 is 11.8 Å². The monoisotopic (exact) mass is 717 g/mol. The van der Waals surface area contributed by atoms with E-state index in [-0.39, 0.29) is 96.5 Å². The highest BCUT2D eigenvalue weighted by atomic mass is 16.7. The van der Waals surface area contributed by atoms with E-state index in [0.717, 1.165) is 50.5 Å². The molecule has 1 saturated carbocycles. The molecule has 0 aromatic carbocycles. The molecule has 2 N–H and O–H groups in total. The topological polar surface area (TPSA) is 131 Å². The van der Waals surface area contributed by atoms with Crippen molar-refractivity contribution in [1.29, 1.82) is 0 Å². The van der Waals surface area contributed by atoms with Crippen LogP contribution in [0.2, 0.25) is 0 Å². The van der Waals surface area contributed by atoms with E-state index in [1.807, 2.05) is 20.9 Å². The summed E-state index contributed by atoms with van der Waals surface area (Å²) in [5.74, 6) is -0.153. The van der Waals surface area contributed by atoms with Crippen molar-refractivity contribution in [3.05, 3.63) is 23.3 Å². The van der Waals surface area contributed by atoms with Crippen LogP contribution in [0.15, 0.2) is 23.3 Å². The number of likely N-dealkylation sites (N-methyl/N-ethyl adjacent to an activating group) is 1. The minimum absolute atomic E-state index is 0.0166. The first-order chi connectivity index (χ1) is 24.5. The van der Waals surface area contributed by atoms with Gasteiger partial charge < -0.3 is 43.6 Å².